The highest BCUT2D eigenvalue weighted by Gasteiger charge is 2.13. The predicted octanol–water partition coefficient (Wildman–Crippen LogP) is -0.128. The van der Waals surface area contributed by atoms with Gasteiger partial charge in [-0.2, -0.15) is 0 Å². The molecule has 0 spiro atoms. The lowest BCUT2D eigenvalue weighted by Crippen LogP contribution is -2.45. The number of oxime groups is 1. The SMILES string of the molecule is CCC(NC(C)CCO)C(N)=NO. The Morgan fingerprint density at radius 2 is 2.23 bits per heavy atom. The monoisotopic (exact) mass is 189 g/mol. The van der Waals surface area contributed by atoms with Gasteiger partial charge in [0.1, 0.15) is 0 Å². The van der Waals surface area contributed by atoms with E-state index < -0.39 is 0 Å². The van der Waals surface area contributed by atoms with Crippen LogP contribution in [0.1, 0.15) is 26.7 Å². The molecule has 2 unspecified atom stereocenters. The lowest BCUT2D eigenvalue weighted by atomic mass is 10.1. The third-order valence-electron chi connectivity index (χ3n) is 1.93. The summed E-state index contributed by atoms with van der Waals surface area (Å²) in [4.78, 5) is 0. The normalized spacial score (nSPS) is 17.0. The van der Waals surface area contributed by atoms with E-state index >= 15 is 0 Å². The van der Waals surface area contributed by atoms with Crippen molar-refractivity contribution in [1.82, 2.24) is 5.32 Å². The molecule has 78 valence electrons. The van der Waals surface area contributed by atoms with Crippen LogP contribution < -0.4 is 11.1 Å². The molecular formula is C8H19N3O2. The Morgan fingerprint density at radius 1 is 1.62 bits per heavy atom. The molecule has 0 aliphatic heterocycles. The molecule has 0 saturated carbocycles. The third-order valence-corrected chi connectivity index (χ3v) is 1.93. The van der Waals surface area contributed by atoms with Crippen molar-refractivity contribution in [3.05, 3.63) is 0 Å². The summed E-state index contributed by atoms with van der Waals surface area (Å²) in [6.07, 6.45) is 1.42. The van der Waals surface area contributed by atoms with E-state index in [2.05, 4.69) is 10.5 Å². The van der Waals surface area contributed by atoms with Crippen molar-refractivity contribution in [3.8, 4) is 0 Å². The molecule has 0 amide bonds. The van der Waals surface area contributed by atoms with Crippen molar-refractivity contribution in [3.63, 3.8) is 0 Å². The van der Waals surface area contributed by atoms with Crippen LogP contribution in [0.5, 0.6) is 0 Å². The highest BCUT2D eigenvalue weighted by Crippen LogP contribution is 1.96. The van der Waals surface area contributed by atoms with Crippen molar-refractivity contribution in [2.45, 2.75) is 38.8 Å². The third kappa shape index (κ3) is 4.69. The van der Waals surface area contributed by atoms with Gasteiger partial charge in [0.25, 0.3) is 0 Å². The molecule has 13 heavy (non-hydrogen) atoms. The van der Waals surface area contributed by atoms with Gasteiger partial charge in [-0.1, -0.05) is 12.1 Å². The van der Waals surface area contributed by atoms with Crippen LogP contribution in [0.2, 0.25) is 0 Å². The molecular weight excluding hydrogens is 170 g/mol. The van der Waals surface area contributed by atoms with E-state index in [0.717, 1.165) is 6.42 Å². The molecule has 0 aromatic heterocycles. The largest absolute Gasteiger partial charge is 0.409 e. The molecule has 0 aliphatic rings. The standard InChI is InChI=1S/C8H19N3O2/c1-3-7(8(9)11-13)10-6(2)4-5-12/h6-7,10,12-13H,3-5H2,1-2H3,(H2,9,11). The quantitative estimate of drug-likeness (QED) is 0.203. The molecule has 0 rings (SSSR count). The maximum absolute atomic E-state index is 8.67. The Kier molecular flexibility index (Phi) is 6.26. The number of hydrogen-bond acceptors (Lipinski definition) is 4. The summed E-state index contributed by atoms with van der Waals surface area (Å²) in [5.41, 5.74) is 5.45. The first-order chi connectivity index (χ1) is 6.15. The van der Waals surface area contributed by atoms with Crippen molar-refractivity contribution < 1.29 is 10.3 Å². The van der Waals surface area contributed by atoms with E-state index in [0.29, 0.717) is 6.42 Å². The summed E-state index contributed by atoms with van der Waals surface area (Å²) in [7, 11) is 0. The minimum atomic E-state index is -0.119. The fraction of sp³-hybridized carbons (Fsp3) is 0.875. The van der Waals surface area contributed by atoms with Crippen molar-refractivity contribution in [2.24, 2.45) is 10.9 Å². The Hall–Kier alpha value is -0.810. The van der Waals surface area contributed by atoms with Crippen molar-refractivity contribution in [1.29, 1.82) is 0 Å². The van der Waals surface area contributed by atoms with E-state index in [1.54, 1.807) is 0 Å². The van der Waals surface area contributed by atoms with E-state index in [1.165, 1.54) is 0 Å². The number of rotatable bonds is 6. The topological polar surface area (TPSA) is 90.9 Å². The van der Waals surface area contributed by atoms with Gasteiger partial charge in [-0.05, 0) is 19.8 Å². The molecule has 5 heteroatoms. The summed E-state index contributed by atoms with van der Waals surface area (Å²) < 4.78 is 0. The van der Waals surface area contributed by atoms with Gasteiger partial charge in [0.2, 0.25) is 0 Å². The molecule has 0 saturated heterocycles. The second kappa shape index (κ2) is 6.68. The number of aliphatic hydroxyl groups excluding tert-OH is 1. The Bertz CT molecular complexity index is 161. The summed E-state index contributed by atoms with van der Waals surface area (Å²) in [6, 6.07) is 0.0433. The molecule has 0 aromatic carbocycles. The number of nitrogens with one attached hydrogen (secondary N) is 1. The number of nitrogens with two attached hydrogens (primary N) is 1. The first kappa shape index (κ1) is 12.2. The van der Waals surface area contributed by atoms with Crippen LogP contribution in [0.25, 0.3) is 0 Å². The fourth-order valence-electron chi connectivity index (χ4n) is 1.10. The Balaban J connectivity index is 3.97. The lowest BCUT2D eigenvalue weighted by molar-refractivity contribution is 0.265. The van der Waals surface area contributed by atoms with Crippen LogP contribution in [0, 0.1) is 0 Å². The van der Waals surface area contributed by atoms with Crippen LogP contribution in [0.3, 0.4) is 0 Å². The highest BCUT2D eigenvalue weighted by molar-refractivity contribution is 5.85. The molecule has 5 nitrogen and oxygen atoms in total. The molecule has 2 atom stereocenters. The zero-order valence-corrected chi connectivity index (χ0v) is 8.20. The van der Waals surface area contributed by atoms with Gasteiger partial charge < -0.3 is 21.4 Å². The van der Waals surface area contributed by atoms with Gasteiger partial charge in [0, 0.05) is 12.6 Å². The van der Waals surface area contributed by atoms with Gasteiger partial charge >= 0.3 is 0 Å². The first-order valence-corrected chi connectivity index (χ1v) is 4.50. The summed E-state index contributed by atoms with van der Waals surface area (Å²) in [6.45, 7) is 4.03. The van der Waals surface area contributed by atoms with Gasteiger partial charge in [0.05, 0.1) is 6.04 Å². The van der Waals surface area contributed by atoms with Crippen LogP contribution in [0.4, 0.5) is 0 Å². The van der Waals surface area contributed by atoms with Crippen LogP contribution in [0.15, 0.2) is 5.16 Å². The number of aliphatic hydroxyl groups is 1. The van der Waals surface area contributed by atoms with Crippen molar-refractivity contribution in [2.75, 3.05) is 6.61 Å². The van der Waals surface area contributed by atoms with E-state index in [9.17, 15) is 0 Å². The molecule has 0 radical (unpaired) electrons. The zero-order chi connectivity index (χ0) is 10.3. The average molecular weight is 189 g/mol. The Morgan fingerprint density at radius 3 is 2.62 bits per heavy atom. The van der Waals surface area contributed by atoms with Crippen LogP contribution >= 0.6 is 0 Å². The summed E-state index contributed by atoms with van der Waals surface area (Å²) >= 11 is 0. The highest BCUT2D eigenvalue weighted by atomic mass is 16.4. The second-order valence-electron chi connectivity index (χ2n) is 3.07. The van der Waals surface area contributed by atoms with Gasteiger partial charge in [-0.15, -0.1) is 0 Å². The summed E-state index contributed by atoms with van der Waals surface area (Å²) in [5.74, 6) is 0.187. The number of amidine groups is 1. The van der Waals surface area contributed by atoms with Crippen LogP contribution in [-0.2, 0) is 0 Å². The average Bonchev–Trinajstić information content (AvgIpc) is 2.13. The molecule has 0 fully saturated rings. The van der Waals surface area contributed by atoms with E-state index in [-0.39, 0.29) is 24.5 Å². The number of hydrogen-bond donors (Lipinski definition) is 4. The maximum Gasteiger partial charge on any atom is 0.156 e. The molecule has 0 aliphatic carbocycles. The Labute approximate surface area is 78.6 Å². The maximum atomic E-state index is 8.67. The molecule has 5 N–H and O–H groups in total. The molecule has 0 bridgehead atoms. The second-order valence-corrected chi connectivity index (χ2v) is 3.07. The smallest absolute Gasteiger partial charge is 0.156 e. The van der Waals surface area contributed by atoms with Crippen molar-refractivity contribution >= 4 is 5.84 Å². The number of nitrogens with zero attached hydrogens (tertiary/aromatic N) is 1. The zero-order valence-electron chi connectivity index (χ0n) is 8.20. The van der Waals surface area contributed by atoms with Gasteiger partial charge in [-0.3, -0.25) is 0 Å². The van der Waals surface area contributed by atoms with Gasteiger partial charge in [-0.25, -0.2) is 0 Å². The lowest BCUT2D eigenvalue weighted by Gasteiger charge is -2.20. The predicted molar refractivity (Wildman–Crippen MR) is 51.8 cm³/mol. The summed E-state index contributed by atoms with van der Waals surface area (Å²) in [5, 5.41) is 23.2. The minimum Gasteiger partial charge on any atom is -0.409 e. The van der Waals surface area contributed by atoms with E-state index in [1.807, 2.05) is 13.8 Å². The first-order valence-electron chi connectivity index (χ1n) is 4.50. The van der Waals surface area contributed by atoms with Crippen LogP contribution in [-0.4, -0.2) is 34.8 Å². The van der Waals surface area contributed by atoms with Gasteiger partial charge in [0.15, 0.2) is 5.84 Å². The fourth-order valence-corrected chi connectivity index (χ4v) is 1.10. The molecule has 0 aromatic rings. The minimum absolute atomic E-state index is 0.119. The molecule has 0 heterocycles. The van der Waals surface area contributed by atoms with E-state index in [4.69, 9.17) is 16.0 Å².